The maximum absolute atomic E-state index is 9.29. The molecule has 0 atom stereocenters. The van der Waals surface area contributed by atoms with Crippen LogP contribution < -0.4 is 10.6 Å². The molecule has 0 fully saturated rings. The number of rotatable bonds is 0. The van der Waals surface area contributed by atoms with Crippen molar-refractivity contribution in [1.29, 1.82) is 5.26 Å². The second-order valence-corrected chi connectivity index (χ2v) is 5.42. The van der Waals surface area contributed by atoms with Crippen molar-refractivity contribution in [1.82, 2.24) is 0 Å². The fourth-order valence-corrected chi connectivity index (χ4v) is 2.44. The van der Waals surface area contributed by atoms with Crippen LogP contribution in [0.2, 0.25) is 0 Å². The lowest BCUT2D eigenvalue weighted by Gasteiger charge is -2.16. The normalized spacial score (nSPS) is 18.0. The van der Waals surface area contributed by atoms with Gasteiger partial charge in [0.1, 0.15) is 11.2 Å². The first kappa shape index (κ1) is 9.47. The monoisotopic (exact) mass is 211 g/mol. The average molecular weight is 211 g/mol. The van der Waals surface area contributed by atoms with Crippen molar-refractivity contribution in [2.24, 2.45) is 5.41 Å². The maximum atomic E-state index is 9.29. The zero-order valence-electron chi connectivity index (χ0n) is 9.72. The van der Waals surface area contributed by atoms with Crippen LogP contribution in [0.1, 0.15) is 32.1 Å². The summed E-state index contributed by atoms with van der Waals surface area (Å²) in [5, 5.41) is 10.5. The second kappa shape index (κ2) is 2.68. The Hall–Kier alpha value is -1.75. The second-order valence-electron chi connectivity index (χ2n) is 5.42. The van der Waals surface area contributed by atoms with Crippen molar-refractivity contribution in [2.45, 2.75) is 27.2 Å². The molecule has 1 aromatic rings. The molecule has 4 bridgehead atoms. The highest BCUT2D eigenvalue weighted by Gasteiger charge is 2.28. The standard InChI is InChI=1S/C14H13NO/c1-14(2,3)10(7-15)13-12-8-4-5-9(12)11(6-8)16-13/h4-5H,6H2,1-3H3/b13-10+. The number of allylic oxidation sites excluding steroid dienone is 1. The predicted octanol–water partition coefficient (Wildman–Crippen LogP) is 1.73. The SMILES string of the molecule is CC(C)(C)/C(C#N)=c1/oc2c3c1=C(C=C3)C2. The highest BCUT2D eigenvalue weighted by Crippen LogP contribution is 2.29. The van der Waals surface area contributed by atoms with Gasteiger partial charge in [-0.05, 0) is 5.57 Å². The van der Waals surface area contributed by atoms with E-state index < -0.39 is 0 Å². The van der Waals surface area contributed by atoms with Gasteiger partial charge in [-0.25, -0.2) is 0 Å². The van der Waals surface area contributed by atoms with Gasteiger partial charge in [0.25, 0.3) is 0 Å². The molecule has 0 aromatic carbocycles. The summed E-state index contributed by atoms with van der Waals surface area (Å²) >= 11 is 0. The van der Waals surface area contributed by atoms with Crippen LogP contribution in [0.4, 0.5) is 0 Å². The van der Waals surface area contributed by atoms with Gasteiger partial charge in [0, 0.05) is 22.6 Å². The summed E-state index contributed by atoms with van der Waals surface area (Å²) in [6, 6.07) is 2.30. The first-order chi connectivity index (χ1) is 7.52. The Morgan fingerprint density at radius 2 is 2.12 bits per heavy atom. The first-order valence-corrected chi connectivity index (χ1v) is 5.50. The van der Waals surface area contributed by atoms with E-state index in [-0.39, 0.29) is 5.41 Å². The fraction of sp³-hybridized carbons (Fsp3) is 0.357. The molecule has 0 saturated heterocycles. The van der Waals surface area contributed by atoms with E-state index in [2.05, 4.69) is 18.2 Å². The number of furan rings is 1. The summed E-state index contributed by atoms with van der Waals surface area (Å²) < 4.78 is 5.80. The van der Waals surface area contributed by atoms with Crippen LogP contribution in [-0.2, 0) is 6.42 Å². The van der Waals surface area contributed by atoms with E-state index >= 15 is 0 Å². The van der Waals surface area contributed by atoms with E-state index in [1.807, 2.05) is 20.8 Å². The van der Waals surface area contributed by atoms with Gasteiger partial charge in [0.05, 0.1) is 11.6 Å². The summed E-state index contributed by atoms with van der Waals surface area (Å²) in [5.41, 5.74) is 3.88. The van der Waals surface area contributed by atoms with Crippen LogP contribution in [0.15, 0.2) is 10.5 Å². The summed E-state index contributed by atoms with van der Waals surface area (Å²) in [4.78, 5) is 0. The third-order valence-electron chi connectivity index (χ3n) is 3.23. The van der Waals surface area contributed by atoms with Crippen LogP contribution in [0.3, 0.4) is 0 Å². The minimum absolute atomic E-state index is 0.164. The van der Waals surface area contributed by atoms with Gasteiger partial charge in [0.2, 0.25) is 0 Å². The summed E-state index contributed by atoms with van der Waals surface area (Å²) in [5.74, 6) is 1.03. The van der Waals surface area contributed by atoms with Gasteiger partial charge >= 0.3 is 0 Å². The van der Waals surface area contributed by atoms with Gasteiger partial charge in [-0.1, -0.05) is 32.9 Å². The van der Waals surface area contributed by atoms with Crippen molar-refractivity contribution in [3.63, 3.8) is 0 Å². The highest BCUT2D eigenvalue weighted by molar-refractivity contribution is 5.83. The van der Waals surface area contributed by atoms with Gasteiger partial charge < -0.3 is 4.42 Å². The third-order valence-corrected chi connectivity index (χ3v) is 3.23. The van der Waals surface area contributed by atoms with Gasteiger partial charge in [-0.15, -0.1) is 0 Å². The van der Waals surface area contributed by atoms with E-state index in [4.69, 9.17) is 4.42 Å². The Balaban J connectivity index is 2.46. The van der Waals surface area contributed by atoms with Gasteiger partial charge in [-0.3, -0.25) is 0 Å². The van der Waals surface area contributed by atoms with Crippen LogP contribution in [0.25, 0.3) is 17.2 Å². The zero-order chi connectivity index (χ0) is 11.5. The molecule has 2 nitrogen and oxygen atoms in total. The Kier molecular flexibility index (Phi) is 1.59. The molecule has 80 valence electrons. The molecule has 2 heteroatoms. The highest BCUT2D eigenvalue weighted by atomic mass is 16.3. The molecule has 3 rings (SSSR count). The molecule has 1 heterocycles. The third kappa shape index (κ3) is 1.01. The Bertz CT molecular complexity index is 672. The van der Waals surface area contributed by atoms with Crippen molar-refractivity contribution < 1.29 is 4.42 Å². The average Bonchev–Trinajstić information content (AvgIpc) is 2.81. The largest absolute Gasteiger partial charge is 0.459 e. The van der Waals surface area contributed by atoms with E-state index in [0.29, 0.717) is 0 Å². The van der Waals surface area contributed by atoms with E-state index in [9.17, 15) is 5.26 Å². The molecule has 0 saturated carbocycles. The van der Waals surface area contributed by atoms with E-state index in [1.54, 1.807) is 0 Å². The predicted molar refractivity (Wildman–Crippen MR) is 62.6 cm³/mol. The van der Waals surface area contributed by atoms with Gasteiger partial charge in [-0.2, -0.15) is 5.26 Å². The molecule has 2 aliphatic rings. The number of nitriles is 1. The van der Waals surface area contributed by atoms with E-state index in [0.717, 1.165) is 23.2 Å². The lowest BCUT2D eigenvalue weighted by Crippen LogP contribution is -2.29. The van der Waals surface area contributed by atoms with Crippen LogP contribution in [-0.4, -0.2) is 0 Å². The Morgan fingerprint density at radius 1 is 1.38 bits per heavy atom. The molecule has 1 aromatic heterocycles. The van der Waals surface area contributed by atoms with Crippen LogP contribution in [0, 0.1) is 16.7 Å². The summed E-state index contributed by atoms with van der Waals surface area (Å²) in [6.07, 6.45) is 5.13. The minimum atomic E-state index is -0.164. The topological polar surface area (TPSA) is 36.9 Å². The number of hydrogen-bond donors (Lipinski definition) is 0. The van der Waals surface area contributed by atoms with Crippen LogP contribution >= 0.6 is 0 Å². The zero-order valence-corrected chi connectivity index (χ0v) is 9.72. The summed E-state index contributed by atoms with van der Waals surface area (Å²) in [6.45, 7) is 6.14. The smallest absolute Gasteiger partial charge is 0.149 e. The quantitative estimate of drug-likeness (QED) is 0.655. The lowest BCUT2D eigenvalue weighted by atomic mass is 9.87. The molecule has 16 heavy (non-hydrogen) atoms. The van der Waals surface area contributed by atoms with Crippen molar-refractivity contribution in [2.75, 3.05) is 0 Å². The Morgan fingerprint density at radius 3 is 2.62 bits per heavy atom. The fourth-order valence-electron chi connectivity index (χ4n) is 2.44. The van der Waals surface area contributed by atoms with Crippen molar-refractivity contribution in [3.05, 3.63) is 28.0 Å². The molecular formula is C14H13NO. The van der Waals surface area contributed by atoms with Crippen molar-refractivity contribution in [3.8, 4) is 6.07 Å². The molecule has 0 N–H and O–H groups in total. The van der Waals surface area contributed by atoms with Crippen molar-refractivity contribution >= 4 is 17.2 Å². The van der Waals surface area contributed by atoms with Crippen LogP contribution in [0.5, 0.6) is 0 Å². The summed E-state index contributed by atoms with van der Waals surface area (Å²) in [7, 11) is 0. The Labute approximate surface area is 94.2 Å². The van der Waals surface area contributed by atoms with E-state index in [1.165, 1.54) is 16.4 Å². The number of nitrogens with zero attached hydrogens (tertiary/aromatic N) is 1. The molecule has 0 amide bonds. The molecule has 0 radical (unpaired) electrons. The number of hydrogen-bond acceptors (Lipinski definition) is 2. The van der Waals surface area contributed by atoms with Gasteiger partial charge in [0.15, 0.2) is 0 Å². The minimum Gasteiger partial charge on any atom is -0.459 e. The lowest BCUT2D eigenvalue weighted by molar-refractivity contribution is 0.467. The molecule has 0 spiro atoms. The molecular weight excluding hydrogens is 198 g/mol. The maximum Gasteiger partial charge on any atom is 0.149 e. The molecule has 2 aliphatic carbocycles. The molecule has 0 aliphatic heterocycles. The molecule has 0 unspecified atom stereocenters. The first-order valence-electron chi connectivity index (χ1n) is 5.50.